The summed E-state index contributed by atoms with van der Waals surface area (Å²) in [6.45, 7) is 4.45. The number of anilines is 2. The fourth-order valence-electron chi connectivity index (χ4n) is 6.72. The molecule has 184 valence electrons. The number of H-pyrrole nitrogens is 1. The first-order chi connectivity index (χ1) is 16.7. The van der Waals surface area contributed by atoms with Gasteiger partial charge in [0.2, 0.25) is 0 Å². The molecule has 1 aromatic carbocycles. The van der Waals surface area contributed by atoms with E-state index >= 15 is 0 Å². The molecule has 2 aromatic rings. The molecule has 0 saturated heterocycles. The zero-order valence-electron chi connectivity index (χ0n) is 20.7. The van der Waals surface area contributed by atoms with E-state index < -0.39 is 0 Å². The molecule has 1 unspecified atom stereocenters. The first-order valence-electron chi connectivity index (χ1n) is 13.6. The van der Waals surface area contributed by atoms with Crippen LogP contribution < -0.4 is 21.0 Å². The van der Waals surface area contributed by atoms with Gasteiger partial charge in [-0.25, -0.2) is 4.79 Å². The predicted octanol–water partition coefficient (Wildman–Crippen LogP) is 5.26. The van der Waals surface area contributed by atoms with E-state index in [1.54, 1.807) is 0 Å². The number of hydrogen-bond acceptors (Lipinski definition) is 4. The average Bonchev–Trinajstić information content (AvgIpc) is 3.48. The summed E-state index contributed by atoms with van der Waals surface area (Å²) in [5, 5.41) is 0. The van der Waals surface area contributed by atoms with Gasteiger partial charge in [-0.3, -0.25) is 14.3 Å². The summed E-state index contributed by atoms with van der Waals surface area (Å²) >= 11 is 0. The van der Waals surface area contributed by atoms with Crippen LogP contribution in [0, 0.1) is 11.8 Å². The van der Waals surface area contributed by atoms with Gasteiger partial charge in [0.1, 0.15) is 17.7 Å². The van der Waals surface area contributed by atoms with Gasteiger partial charge in [-0.05, 0) is 43.1 Å². The normalized spacial score (nSPS) is 21.4. The smallest absolute Gasteiger partial charge is 0.330 e. The predicted molar refractivity (Wildman–Crippen MR) is 139 cm³/mol. The van der Waals surface area contributed by atoms with Gasteiger partial charge < -0.3 is 9.80 Å². The van der Waals surface area contributed by atoms with Crippen LogP contribution in [-0.4, -0.2) is 22.3 Å². The molecule has 5 rings (SSSR count). The Balaban J connectivity index is 1.57. The molecule has 1 aromatic heterocycles. The molecule has 1 atom stereocenters. The second-order valence-corrected chi connectivity index (χ2v) is 10.6. The molecule has 0 radical (unpaired) electrons. The highest BCUT2D eigenvalue weighted by molar-refractivity contribution is 5.74. The van der Waals surface area contributed by atoms with Crippen LogP contribution in [0.25, 0.3) is 0 Å². The van der Waals surface area contributed by atoms with Crippen molar-refractivity contribution in [2.45, 2.75) is 96.8 Å². The molecule has 1 N–H and O–H groups in total. The van der Waals surface area contributed by atoms with Crippen molar-refractivity contribution in [2.75, 3.05) is 16.3 Å². The van der Waals surface area contributed by atoms with Gasteiger partial charge in [0.15, 0.2) is 0 Å². The van der Waals surface area contributed by atoms with Crippen LogP contribution in [0.1, 0.15) is 83.1 Å². The molecule has 6 nitrogen and oxygen atoms in total. The lowest BCUT2D eigenvalue weighted by Crippen LogP contribution is -2.48. The van der Waals surface area contributed by atoms with E-state index in [4.69, 9.17) is 0 Å². The SMILES string of the molecule is CCCN1c2c(c(=O)[nH]c(=O)n2CCC2CCCCC2)N(Cc2ccccc2)C1C1CCCC1. The largest absolute Gasteiger partial charge is 0.339 e. The van der Waals surface area contributed by atoms with E-state index in [0.29, 0.717) is 30.6 Å². The molecule has 2 heterocycles. The van der Waals surface area contributed by atoms with Crippen molar-refractivity contribution in [2.24, 2.45) is 11.8 Å². The van der Waals surface area contributed by atoms with Crippen molar-refractivity contribution in [3.05, 3.63) is 56.7 Å². The lowest BCUT2D eigenvalue weighted by atomic mass is 9.87. The van der Waals surface area contributed by atoms with E-state index in [9.17, 15) is 9.59 Å². The Hall–Kier alpha value is -2.50. The van der Waals surface area contributed by atoms with E-state index in [1.807, 2.05) is 10.6 Å². The summed E-state index contributed by atoms with van der Waals surface area (Å²) < 4.78 is 1.91. The molecular formula is C28H40N4O2. The van der Waals surface area contributed by atoms with Crippen LogP contribution in [0.4, 0.5) is 11.5 Å². The molecule has 2 saturated carbocycles. The Morgan fingerprint density at radius 1 is 0.882 bits per heavy atom. The summed E-state index contributed by atoms with van der Waals surface area (Å²) in [6.07, 6.45) is 13.5. The number of hydrogen-bond donors (Lipinski definition) is 1. The average molecular weight is 465 g/mol. The third kappa shape index (κ3) is 4.56. The maximum Gasteiger partial charge on any atom is 0.330 e. The summed E-state index contributed by atoms with van der Waals surface area (Å²) in [6, 6.07) is 10.4. The Labute approximate surface area is 203 Å². The highest BCUT2D eigenvalue weighted by atomic mass is 16.2. The summed E-state index contributed by atoms with van der Waals surface area (Å²) in [5.74, 6) is 2.08. The molecule has 0 spiro atoms. The molecule has 3 aliphatic rings. The Bertz CT molecular complexity index is 1060. The molecule has 2 fully saturated rings. The Kier molecular flexibility index (Phi) is 7.12. The molecular weight excluding hydrogens is 424 g/mol. The van der Waals surface area contributed by atoms with E-state index in [2.05, 4.69) is 46.0 Å². The lowest BCUT2D eigenvalue weighted by Gasteiger charge is -2.37. The summed E-state index contributed by atoms with van der Waals surface area (Å²) in [5.41, 5.74) is 1.44. The van der Waals surface area contributed by atoms with E-state index in [0.717, 1.165) is 25.2 Å². The van der Waals surface area contributed by atoms with Gasteiger partial charge in [0, 0.05) is 19.6 Å². The third-order valence-corrected chi connectivity index (χ3v) is 8.31. The first kappa shape index (κ1) is 23.3. The second kappa shape index (κ2) is 10.4. The van der Waals surface area contributed by atoms with Crippen molar-refractivity contribution in [3.8, 4) is 0 Å². The van der Waals surface area contributed by atoms with Crippen molar-refractivity contribution in [1.29, 1.82) is 0 Å². The van der Waals surface area contributed by atoms with Gasteiger partial charge >= 0.3 is 5.69 Å². The fraction of sp³-hybridized carbons (Fsp3) is 0.643. The second-order valence-electron chi connectivity index (χ2n) is 10.6. The highest BCUT2D eigenvalue weighted by Crippen LogP contribution is 2.44. The number of benzene rings is 1. The van der Waals surface area contributed by atoms with Crippen molar-refractivity contribution >= 4 is 11.5 Å². The number of nitrogens with one attached hydrogen (secondary N) is 1. The minimum Gasteiger partial charge on any atom is -0.339 e. The summed E-state index contributed by atoms with van der Waals surface area (Å²) in [4.78, 5) is 34.0. The minimum absolute atomic E-state index is 0.140. The maximum absolute atomic E-state index is 13.4. The standard InChI is InChI=1S/C28H40N4O2/c1-2-18-30-26(23-15-9-10-16-23)32(20-22-13-7-4-8-14-22)24-25(33)29-28(34)31(27(24)30)19-17-21-11-5-3-6-12-21/h4,7-8,13-14,21,23,26H,2-3,5-6,9-12,15-20H2,1H3,(H,29,33,34). The number of rotatable bonds is 8. The molecule has 2 aliphatic carbocycles. The van der Waals surface area contributed by atoms with Crippen LogP contribution in [0.2, 0.25) is 0 Å². The van der Waals surface area contributed by atoms with Crippen molar-refractivity contribution in [1.82, 2.24) is 9.55 Å². The fourth-order valence-corrected chi connectivity index (χ4v) is 6.72. The first-order valence-corrected chi connectivity index (χ1v) is 13.6. The van der Waals surface area contributed by atoms with Crippen molar-refractivity contribution < 1.29 is 0 Å². The molecule has 34 heavy (non-hydrogen) atoms. The van der Waals surface area contributed by atoms with Crippen LogP contribution in [-0.2, 0) is 13.1 Å². The van der Waals surface area contributed by atoms with E-state index in [-0.39, 0.29) is 17.4 Å². The lowest BCUT2D eigenvalue weighted by molar-refractivity contribution is 0.321. The monoisotopic (exact) mass is 464 g/mol. The van der Waals surface area contributed by atoms with Crippen LogP contribution >= 0.6 is 0 Å². The van der Waals surface area contributed by atoms with Gasteiger partial charge in [-0.2, -0.15) is 0 Å². The van der Waals surface area contributed by atoms with Gasteiger partial charge in [0.25, 0.3) is 5.56 Å². The van der Waals surface area contributed by atoms with Crippen LogP contribution in [0.3, 0.4) is 0 Å². The van der Waals surface area contributed by atoms with Gasteiger partial charge in [-0.15, -0.1) is 0 Å². The van der Waals surface area contributed by atoms with Crippen LogP contribution in [0.15, 0.2) is 39.9 Å². The van der Waals surface area contributed by atoms with Crippen LogP contribution in [0.5, 0.6) is 0 Å². The van der Waals surface area contributed by atoms with Gasteiger partial charge in [0.05, 0.1) is 0 Å². The molecule has 0 amide bonds. The molecule has 6 heteroatoms. The number of nitrogens with zero attached hydrogens (tertiary/aromatic N) is 3. The van der Waals surface area contributed by atoms with Crippen molar-refractivity contribution in [3.63, 3.8) is 0 Å². The third-order valence-electron chi connectivity index (χ3n) is 8.31. The highest BCUT2D eigenvalue weighted by Gasteiger charge is 2.44. The number of aromatic nitrogens is 2. The zero-order valence-corrected chi connectivity index (χ0v) is 20.7. The maximum atomic E-state index is 13.4. The zero-order chi connectivity index (χ0) is 23.5. The number of fused-ring (bicyclic) bond motifs is 1. The number of aromatic amines is 1. The topological polar surface area (TPSA) is 61.3 Å². The minimum atomic E-state index is -0.243. The van der Waals surface area contributed by atoms with E-state index in [1.165, 1.54) is 63.4 Å². The molecule has 0 bridgehead atoms. The summed E-state index contributed by atoms with van der Waals surface area (Å²) in [7, 11) is 0. The Morgan fingerprint density at radius 2 is 1.59 bits per heavy atom. The molecule has 1 aliphatic heterocycles. The Morgan fingerprint density at radius 3 is 2.29 bits per heavy atom. The quantitative estimate of drug-likeness (QED) is 0.579. The van der Waals surface area contributed by atoms with Gasteiger partial charge in [-0.1, -0.05) is 82.2 Å².